The number of carbonyl (C=O) groups is 1. The predicted molar refractivity (Wildman–Crippen MR) is 78.6 cm³/mol. The van der Waals surface area contributed by atoms with Crippen LogP contribution in [0.4, 0.5) is 0 Å². The number of benzene rings is 1. The van der Waals surface area contributed by atoms with Crippen molar-refractivity contribution >= 4 is 16.9 Å². The molecule has 3 nitrogen and oxygen atoms in total. The van der Waals surface area contributed by atoms with E-state index in [0.29, 0.717) is 5.92 Å². The van der Waals surface area contributed by atoms with Crippen molar-refractivity contribution in [2.24, 2.45) is 11.8 Å². The molecule has 0 amide bonds. The van der Waals surface area contributed by atoms with Crippen LogP contribution in [0.2, 0.25) is 0 Å². The Hall–Kier alpha value is -1.90. The van der Waals surface area contributed by atoms with Crippen LogP contribution in [-0.4, -0.2) is 16.1 Å². The average molecular weight is 269 g/mol. The Balaban J connectivity index is 2.09. The Morgan fingerprint density at radius 3 is 2.85 bits per heavy atom. The number of aliphatic carboxylic acids is 1. The lowest BCUT2D eigenvalue weighted by Crippen LogP contribution is -2.28. The molecule has 0 saturated heterocycles. The highest BCUT2D eigenvalue weighted by Crippen LogP contribution is 2.42. The third-order valence-electron chi connectivity index (χ3n) is 4.49. The van der Waals surface area contributed by atoms with Crippen molar-refractivity contribution in [2.75, 3.05) is 0 Å². The van der Waals surface area contributed by atoms with Crippen molar-refractivity contribution in [1.29, 1.82) is 0 Å². The molecule has 2 aromatic rings. The van der Waals surface area contributed by atoms with Crippen molar-refractivity contribution in [3.8, 4) is 0 Å². The predicted octanol–water partition coefficient (Wildman–Crippen LogP) is 3.84. The number of aromatic nitrogens is 1. The van der Waals surface area contributed by atoms with Crippen molar-refractivity contribution < 1.29 is 9.90 Å². The molecule has 3 atom stereocenters. The van der Waals surface area contributed by atoms with E-state index in [-0.39, 0.29) is 11.8 Å². The molecule has 3 rings (SSSR count). The normalized spacial score (nSPS) is 26.6. The van der Waals surface area contributed by atoms with Crippen molar-refractivity contribution in [2.45, 2.75) is 32.1 Å². The zero-order valence-corrected chi connectivity index (χ0v) is 11.6. The summed E-state index contributed by atoms with van der Waals surface area (Å²) in [6, 6.07) is 10.1. The van der Waals surface area contributed by atoms with Gasteiger partial charge in [0.2, 0.25) is 0 Å². The third-order valence-corrected chi connectivity index (χ3v) is 4.49. The summed E-state index contributed by atoms with van der Waals surface area (Å²) in [4.78, 5) is 16.0. The highest BCUT2D eigenvalue weighted by atomic mass is 16.4. The molecule has 1 aromatic heterocycles. The van der Waals surface area contributed by atoms with Gasteiger partial charge in [0.05, 0.1) is 11.4 Å². The van der Waals surface area contributed by atoms with E-state index in [1.165, 1.54) is 0 Å². The monoisotopic (exact) mass is 269 g/mol. The summed E-state index contributed by atoms with van der Waals surface area (Å²) in [6.45, 7) is 2.21. The molecule has 3 heteroatoms. The molecule has 0 aliphatic heterocycles. The second-order valence-corrected chi connectivity index (χ2v) is 5.89. The van der Waals surface area contributed by atoms with Crippen LogP contribution in [0.15, 0.2) is 36.5 Å². The maximum atomic E-state index is 11.6. The first-order chi connectivity index (χ1) is 9.66. The molecule has 1 aliphatic carbocycles. The smallest absolute Gasteiger partial charge is 0.307 e. The molecular formula is C17H19NO2. The number of nitrogens with zero attached hydrogens (tertiary/aromatic N) is 1. The molecule has 1 fully saturated rings. The molecule has 20 heavy (non-hydrogen) atoms. The summed E-state index contributed by atoms with van der Waals surface area (Å²) in [5, 5.41) is 10.6. The van der Waals surface area contributed by atoms with Gasteiger partial charge < -0.3 is 5.11 Å². The molecule has 0 radical (unpaired) electrons. The van der Waals surface area contributed by atoms with Gasteiger partial charge in [-0.2, -0.15) is 0 Å². The summed E-state index contributed by atoms with van der Waals surface area (Å²) < 4.78 is 0. The Labute approximate surface area is 118 Å². The molecule has 3 unspecified atom stereocenters. The number of fused-ring (bicyclic) bond motifs is 1. The molecule has 0 bridgehead atoms. The lowest BCUT2D eigenvalue weighted by Gasteiger charge is -2.33. The highest BCUT2D eigenvalue weighted by molar-refractivity contribution is 5.83. The van der Waals surface area contributed by atoms with Crippen molar-refractivity contribution in [1.82, 2.24) is 4.98 Å². The minimum atomic E-state index is -0.671. The second-order valence-electron chi connectivity index (χ2n) is 5.89. The number of pyridine rings is 1. The zero-order valence-electron chi connectivity index (χ0n) is 11.6. The Morgan fingerprint density at radius 1 is 1.25 bits per heavy atom. The summed E-state index contributed by atoms with van der Waals surface area (Å²) in [5.74, 6) is -0.293. The molecule has 1 heterocycles. The lowest BCUT2D eigenvalue weighted by atomic mass is 9.71. The fraction of sp³-hybridized carbons (Fsp3) is 0.412. The lowest BCUT2D eigenvalue weighted by molar-refractivity contribution is -0.143. The first-order valence-electron chi connectivity index (χ1n) is 7.23. The van der Waals surface area contributed by atoms with Crippen LogP contribution in [0.25, 0.3) is 10.9 Å². The van der Waals surface area contributed by atoms with Gasteiger partial charge in [-0.25, -0.2) is 0 Å². The van der Waals surface area contributed by atoms with Gasteiger partial charge in [0, 0.05) is 11.6 Å². The molecule has 0 spiro atoms. The van der Waals surface area contributed by atoms with E-state index in [0.717, 1.165) is 35.7 Å². The van der Waals surface area contributed by atoms with Crippen LogP contribution in [-0.2, 0) is 4.79 Å². The van der Waals surface area contributed by atoms with Crippen molar-refractivity contribution in [3.63, 3.8) is 0 Å². The fourth-order valence-electron chi connectivity index (χ4n) is 3.45. The summed E-state index contributed by atoms with van der Waals surface area (Å²) in [7, 11) is 0. The maximum Gasteiger partial charge on any atom is 0.307 e. The zero-order chi connectivity index (χ0) is 14.1. The quantitative estimate of drug-likeness (QED) is 0.901. The number of hydrogen-bond acceptors (Lipinski definition) is 2. The van der Waals surface area contributed by atoms with E-state index in [1.54, 1.807) is 6.20 Å². The Bertz CT molecular complexity index is 632. The number of para-hydroxylation sites is 1. The van der Waals surface area contributed by atoms with E-state index in [4.69, 9.17) is 0 Å². The van der Waals surface area contributed by atoms with Crippen molar-refractivity contribution in [3.05, 3.63) is 42.1 Å². The summed E-state index contributed by atoms with van der Waals surface area (Å²) in [6.07, 6.45) is 4.50. The van der Waals surface area contributed by atoms with E-state index in [2.05, 4.69) is 11.9 Å². The number of hydrogen-bond donors (Lipinski definition) is 1. The molecule has 1 aromatic carbocycles. The number of carboxylic acids is 1. The number of rotatable bonds is 2. The molecule has 1 aliphatic rings. The highest BCUT2D eigenvalue weighted by Gasteiger charge is 2.35. The first-order valence-corrected chi connectivity index (χ1v) is 7.23. The average Bonchev–Trinajstić information content (AvgIpc) is 2.46. The van der Waals surface area contributed by atoms with Crippen LogP contribution in [0.3, 0.4) is 0 Å². The van der Waals surface area contributed by atoms with Crippen LogP contribution < -0.4 is 0 Å². The van der Waals surface area contributed by atoms with Crippen LogP contribution in [0.5, 0.6) is 0 Å². The molecule has 1 saturated carbocycles. The molecule has 1 N–H and O–H groups in total. The minimum Gasteiger partial charge on any atom is -0.481 e. The van der Waals surface area contributed by atoms with Gasteiger partial charge in [-0.05, 0) is 42.7 Å². The van der Waals surface area contributed by atoms with Gasteiger partial charge in [0.1, 0.15) is 0 Å². The first kappa shape index (κ1) is 13.1. The Kier molecular flexibility index (Phi) is 3.43. The minimum absolute atomic E-state index is 0.0786. The maximum absolute atomic E-state index is 11.6. The van der Waals surface area contributed by atoms with Crippen LogP contribution in [0, 0.1) is 11.8 Å². The van der Waals surface area contributed by atoms with E-state index >= 15 is 0 Å². The van der Waals surface area contributed by atoms with Gasteiger partial charge in [-0.15, -0.1) is 0 Å². The molecular weight excluding hydrogens is 250 g/mol. The standard InChI is InChI=1S/C17H19NO2/c1-11-7-8-14(17(19)20)15(10-11)13-6-2-4-12-5-3-9-18-16(12)13/h2-6,9,11,14-15H,7-8,10H2,1H3,(H,19,20). The van der Waals surface area contributed by atoms with Crippen LogP contribution in [0.1, 0.15) is 37.7 Å². The third kappa shape index (κ3) is 2.28. The fourth-order valence-corrected chi connectivity index (χ4v) is 3.45. The summed E-state index contributed by atoms with van der Waals surface area (Å²) >= 11 is 0. The summed E-state index contributed by atoms with van der Waals surface area (Å²) in [5.41, 5.74) is 2.06. The van der Waals surface area contributed by atoms with E-state index in [9.17, 15) is 9.90 Å². The SMILES string of the molecule is CC1CCC(C(=O)O)C(c2cccc3cccnc23)C1. The Morgan fingerprint density at radius 2 is 2.05 bits per heavy atom. The van der Waals surface area contributed by atoms with Gasteiger partial charge in [0.25, 0.3) is 0 Å². The largest absolute Gasteiger partial charge is 0.481 e. The van der Waals surface area contributed by atoms with Gasteiger partial charge >= 0.3 is 5.97 Å². The molecule has 104 valence electrons. The van der Waals surface area contributed by atoms with E-state index < -0.39 is 5.97 Å². The van der Waals surface area contributed by atoms with Gasteiger partial charge in [-0.1, -0.05) is 31.2 Å². The van der Waals surface area contributed by atoms with E-state index in [1.807, 2.05) is 30.3 Å². The topological polar surface area (TPSA) is 50.2 Å². The van der Waals surface area contributed by atoms with Gasteiger partial charge in [-0.3, -0.25) is 9.78 Å². The van der Waals surface area contributed by atoms with Gasteiger partial charge in [0.15, 0.2) is 0 Å². The second kappa shape index (κ2) is 5.23. The van der Waals surface area contributed by atoms with Crippen LogP contribution >= 0.6 is 0 Å². The number of carboxylic acid groups (broad SMARTS) is 1.